The molecule has 0 bridgehead atoms. The second-order valence-electron chi connectivity index (χ2n) is 2.29. The van der Waals surface area contributed by atoms with Gasteiger partial charge in [0.2, 0.25) is 0 Å². The Hall–Kier alpha value is -1.78. The van der Waals surface area contributed by atoms with Gasteiger partial charge in [-0.15, -0.1) is 0 Å². The van der Waals surface area contributed by atoms with Crippen molar-refractivity contribution in [3.8, 4) is 0 Å². The van der Waals surface area contributed by atoms with Crippen LogP contribution < -0.4 is 5.84 Å². The van der Waals surface area contributed by atoms with E-state index in [9.17, 15) is 4.79 Å². The minimum atomic E-state index is -0.868. The van der Waals surface area contributed by atoms with Crippen LogP contribution in [0.3, 0.4) is 0 Å². The van der Waals surface area contributed by atoms with E-state index >= 15 is 0 Å². The SMILES string of the molecule is NN=Cc1ccc(CC(=O)O)[nH]1. The van der Waals surface area contributed by atoms with Gasteiger partial charge in [0.05, 0.1) is 18.3 Å². The fourth-order valence-electron chi connectivity index (χ4n) is 0.881. The fourth-order valence-corrected chi connectivity index (χ4v) is 0.881. The Labute approximate surface area is 68.9 Å². The first-order valence-electron chi connectivity index (χ1n) is 3.35. The summed E-state index contributed by atoms with van der Waals surface area (Å²) in [5.41, 5.74) is 1.34. The van der Waals surface area contributed by atoms with E-state index in [2.05, 4.69) is 10.1 Å². The van der Waals surface area contributed by atoms with Crippen LogP contribution >= 0.6 is 0 Å². The highest BCUT2D eigenvalue weighted by molar-refractivity contribution is 5.77. The van der Waals surface area contributed by atoms with Crippen LogP contribution in [0.25, 0.3) is 0 Å². The van der Waals surface area contributed by atoms with Crippen molar-refractivity contribution in [2.24, 2.45) is 10.9 Å². The van der Waals surface area contributed by atoms with Gasteiger partial charge < -0.3 is 15.9 Å². The van der Waals surface area contributed by atoms with Gasteiger partial charge in [0.15, 0.2) is 0 Å². The molecule has 1 aromatic heterocycles. The Morgan fingerprint density at radius 3 is 3.08 bits per heavy atom. The van der Waals surface area contributed by atoms with Gasteiger partial charge in [0, 0.05) is 5.69 Å². The summed E-state index contributed by atoms with van der Waals surface area (Å²) in [6.07, 6.45) is 1.41. The van der Waals surface area contributed by atoms with E-state index in [0.717, 1.165) is 0 Å². The van der Waals surface area contributed by atoms with E-state index in [1.165, 1.54) is 6.21 Å². The summed E-state index contributed by atoms with van der Waals surface area (Å²) in [6, 6.07) is 3.40. The molecule has 64 valence electrons. The number of carbonyl (C=O) groups is 1. The molecule has 0 spiro atoms. The van der Waals surface area contributed by atoms with Gasteiger partial charge in [-0.05, 0) is 12.1 Å². The van der Waals surface area contributed by atoms with E-state index in [0.29, 0.717) is 11.4 Å². The zero-order chi connectivity index (χ0) is 8.97. The molecule has 0 unspecified atom stereocenters. The van der Waals surface area contributed by atoms with Crippen LogP contribution in [0.2, 0.25) is 0 Å². The summed E-state index contributed by atoms with van der Waals surface area (Å²) in [5, 5.41) is 11.7. The minimum Gasteiger partial charge on any atom is -0.481 e. The molecule has 12 heavy (non-hydrogen) atoms. The summed E-state index contributed by atoms with van der Waals surface area (Å²) in [6.45, 7) is 0. The molecule has 1 heterocycles. The molecule has 0 aliphatic heterocycles. The molecule has 0 saturated heterocycles. The lowest BCUT2D eigenvalue weighted by atomic mass is 10.3. The maximum atomic E-state index is 10.3. The molecule has 0 atom stereocenters. The minimum absolute atomic E-state index is 0.0155. The highest BCUT2D eigenvalue weighted by Crippen LogP contribution is 2.00. The molecule has 5 nitrogen and oxygen atoms in total. The van der Waals surface area contributed by atoms with E-state index in [4.69, 9.17) is 10.9 Å². The zero-order valence-electron chi connectivity index (χ0n) is 6.32. The predicted octanol–water partition coefficient (Wildman–Crippen LogP) is -0.0656. The Morgan fingerprint density at radius 1 is 1.75 bits per heavy atom. The lowest BCUT2D eigenvalue weighted by molar-refractivity contribution is -0.136. The van der Waals surface area contributed by atoms with Crippen molar-refractivity contribution < 1.29 is 9.90 Å². The lowest BCUT2D eigenvalue weighted by Gasteiger charge is -1.89. The van der Waals surface area contributed by atoms with Crippen molar-refractivity contribution in [1.82, 2.24) is 4.98 Å². The molecule has 0 aliphatic carbocycles. The van der Waals surface area contributed by atoms with Crippen LogP contribution in [-0.2, 0) is 11.2 Å². The van der Waals surface area contributed by atoms with Gasteiger partial charge in [-0.2, -0.15) is 5.10 Å². The molecular formula is C7H9N3O2. The number of nitrogens with two attached hydrogens (primary N) is 1. The van der Waals surface area contributed by atoms with Crippen LogP contribution in [-0.4, -0.2) is 22.3 Å². The summed E-state index contributed by atoms with van der Waals surface area (Å²) in [4.78, 5) is 13.1. The van der Waals surface area contributed by atoms with Gasteiger partial charge >= 0.3 is 5.97 Å². The molecule has 0 saturated carbocycles. The van der Waals surface area contributed by atoms with Crippen LogP contribution in [0.5, 0.6) is 0 Å². The molecule has 1 rings (SSSR count). The topological polar surface area (TPSA) is 91.5 Å². The Morgan fingerprint density at radius 2 is 2.50 bits per heavy atom. The number of hydrazone groups is 1. The number of hydrogen-bond donors (Lipinski definition) is 3. The largest absolute Gasteiger partial charge is 0.481 e. The number of nitrogens with zero attached hydrogens (tertiary/aromatic N) is 1. The Balaban J connectivity index is 2.70. The maximum Gasteiger partial charge on any atom is 0.309 e. The van der Waals surface area contributed by atoms with E-state index in [1.54, 1.807) is 12.1 Å². The van der Waals surface area contributed by atoms with Crippen LogP contribution in [0.1, 0.15) is 11.4 Å². The Kier molecular flexibility index (Phi) is 2.47. The molecule has 5 heteroatoms. The molecule has 1 aromatic rings. The molecule has 0 aromatic carbocycles. The van der Waals surface area contributed by atoms with Gasteiger partial charge in [-0.25, -0.2) is 0 Å². The average molecular weight is 167 g/mol. The van der Waals surface area contributed by atoms with Gasteiger partial charge in [0.25, 0.3) is 0 Å². The standard InChI is InChI=1S/C7H9N3O2/c8-9-4-6-2-1-5(10-6)3-7(11)12/h1-2,4,10H,3,8H2,(H,11,12). The summed E-state index contributed by atoms with van der Waals surface area (Å²) < 4.78 is 0. The van der Waals surface area contributed by atoms with Crippen molar-refractivity contribution in [3.05, 3.63) is 23.5 Å². The van der Waals surface area contributed by atoms with Crippen molar-refractivity contribution in [2.75, 3.05) is 0 Å². The first kappa shape index (κ1) is 8.32. The number of rotatable bonds is 3. The second kappa shape index (κ2) is 3.56. The molecule has 0 fully saturated rings. The van der Waals surface area contributed by atoms with Gasteiger partial charge in [-0.1, -0.05) is 0 Å². The number of nitrogens with one attached hydrogen (secondary N) is 1. The number of aromatic amines is 1. The van der Waals surface area contributed by atoms with Crippen molar-refractivity contribution in [2.45, 2.75) is 6.42 Å². The number of H-pyrrole nitrogens is 1. The van der Waals surface area contributed by atoms with Crippen LogP contribution in [0.15, 0.2) is 17.2 Å². The number of aliphatic carboxylic acids is 1. The number of aromatic nitrogens is 1. The van der Waals surface area contributed by atoms with Gasteiger partial charge in [-0.3, -0.25) is 4.79 Å². The number of carboxylic acids is 1. The molecule has 0 amide bonds. The van der Waals surface area contributed by atoms with Crippen molar-refractivity contribution in [1.29, 1.82) is 0 Å². The third-order valence-corrected chi connectivity index (χ3v) is 1.32. The van der Waals surface area contributed by atoms with E-state index in [-0.39, 0.29) is 6.42 Å². The van der Waals surface area contributed by atoms with Crippen LogP contribution in [0.4, 0.5) is 0 Å². The average Bonchev–Trinajstić information content (AvgIpc) is 2.36. The molecule has 4 N–H and O–H groups in total. The normalized spacial score (nSPS) is 10.7. The highest BCUT2D eigenvalue weighted by Gasteiger charge is 2.01. The quantitative estimate of drug-likeness (QED) is 0.334. The second-order valence-corrected chi connectivity index (χ2v) is 2.29. The van der Waals surface area contributed by atoms with Crippen molar-refractivity contribution >= 4 is 12.2 Å². The first-order chi connectivity index (χ1) is 5.72. The molecule has 0 aliphatic rings. The monoisotopic (exact) mass is 167 g/mol. The maximum absolute atomic E-state index is 10.3. The van der Waals surface area contributed by atoms with E-state index < -0.39 is 5.97 Å². The predicted molar refractivity (Wildman–Crippen MR) is 43.9 cm³/mol. The molecule has 0 radical (unpaired) electrons. The number of carboxylic acid groups (broad SMARTS) is 1. The lowest BCUT2D eigenvalue weighted by Crippen LogP contribution is -2.00. The summed E-state index contributed by atoms with van der Waals surface area (Å²) >= 11 is 0. The first-order valence-corrected chi connectivity index (χ1v) is 3.35. The third kappa shape index (κ3) is 2.12. The number of hydrogen-bond acceptors (Lipinski definition) is 3. The zero-order valence-corrected chi connectivity index (χ0v) is 6.32. The summed E-state index contributed by atoms with van der Waals surface area (Å²) in [5.74, 6) is 4.04. The third-order valence-electron chi connectivity index (χ3n) is 1.32. The summed E-state index contributed by atoms with van der Waals surface area (Å²) in [7, 11) is 0. The van der Waals surface area contributed by atoms with Gasteiger partial charge in [0.1, 0.15) is 0 Å². The van der Waals surface area contributed by atoms with Crippen LogP contribution in [0, 0.1) is 0 Å². The highest BCUT2D eigenvalue weighted by atomic mass is 16.4. The Bertz CT molecular complexity index is 303. The van der Waals surface area contributed by atoms with Crippen molar-refractivity contribution in [3.63, 3.8) is 0 Å². The smallest absolute Gasteiger partial charge is 0.309 e. The fraction of sp³-hybridized carbons (Fsp3) is 0.143. The van der Waals surface area contributed by atoms with E-state index in [1.807, 2.05) is 0 Å². The molecular weight excluding hydrogens is 158 g/mol.